The van der Waals surface area contributed by atoms with E-state index in [0.29, 0.717) is 19.5 Å². The Bertz CT molecular complexity index is 615. The third-order valence-electron chi connectivity index (χ3n) is 3.10. The summed E-state index contributed by atoms with van der Waals surface area (Å²) >= 11 is 3.46. The molecule has 5 nitrogen and oxygen atoms in total. The van der Waals surface area contributed by atoms with Crippen molar-refractivity contribution in [3.63, 3.8) is 0 Å². The van der Waals surface area contributed by atoms with E-state index in [9.17, 15) is 0 Å². The summed E-state index contributed by atoms with van der Waals surface area (Å²) in [6.07, 6.45) is 5.91. The van der Waals surface area contributed by atoms with Crippen LogP contribution < -0.4 is 10.6 Å². The van der Waals surface area contributed by atoms with Crippen LogP contribution in [0.4, 0.5) is 5.82 Å². The van der Waals surface area contributed by atoms with E-state index in [1.165, 1.54) is 0 Å². The van der Waals surface area contributed by atoms with Crippen LogP contribution in [0.15, 0.2) is 41.3 Å². The van der Waals surface area contributed by atoms with Gasteiger partial charge in [0, 0.05) is 42.6 Å². The van der Waals surface area contributed by atoms with Crippen molar-refractivity contribution in [1.82, 2.24) is 9.97 Å². The Morgan fingerprint density at radius 3 is 2.86 bits per heavy atom. The zero-order valence-electron chi connectivity index (χ0n) is 11.9. The summed E-state index contributed by atoms with van der Waals surface area (Å²) in [5.74, 6) is 1.06. The van der Waals surface area contributed by atoms with E-state index >= 15 is 0 Å². The van der Waals surface area contributed by atoms with Crippen LogP contribution >= 0.6 is 15.9 Å². The van der Waals surface area contributed by atoms with Gasteiger partial charge < -0.3 is 10.6 Å². The van der Waals surface area contributed by atoms with Gasteiger partial charge in [0.25, 0.3) is 0 Å². The maximum atomic E-state index is 7.42. The molecule has 2 aromatic rings. The average Bonchev–Trinajstić information content (AvgIpc) is 2.47. The van der Waals surface area contributed by atoms with Crippen molar-refractivity contribution in [3.05, 3.63) is 52.4 Å². The van der Waals surface area contributed by atoms with Crippen molar-refractivity contribution in [1.29, 1.82) is 5.41 Å². The van der Waals surface area contributed by atoms with Crippen LogP contribution in [0, 0.1) is 12.3 Å². The molecular weight excluding hydrogens is 330 g/mol. The predicted molar refractivity (Wildman–Crippen MR) is 88.5 cm³/mol. The first-order chi connectivity index (χ1) is 10.1. The van der Waals surface area contributed by atoms with E-state index in [1.54, 1.807) is 12.4 Å². The molecule has 3 N–H and O–H groups in total. The van der Waals surface area contributed by atoms with Crippen LogP contribution in [0.2, 0.25) is 0 Å². The highest BCUT2D eigenvalue weighted by molar-refractivity contribution is 9.10. The molecule has 0 saturated carbocycles. The highest BCUT2D eigenvalue weighted by Crippen LogP contribution is 2.21. The van der Waals surface area contributed by atoms with Crippen molar-refractivity contribution in [3.8, 4) is 0 Å². The molecule has 0 bridgehead atoms. The van der Waals surface area contributed by atoms with Crippen LogP contribution in [0.3, 0.4) is 0 Å². The van der Waals surface area contributed by atoms with Gasteiger partial charge in [0.15, 0.2) is 0 Å². The highest BCUT2D eigenvalue weighted by atomic mass is 79.9. The fraction of sp³-hybridized carbons (Fsp3) is 0.267. The second kappa shape index (κ2) is 7.17. The average molecular weight is 348 g/mol. The summed E-state index contributed by atoms with van der Waals surface area (Å²) in [5.41, 5.74) is 7.71. The fourth-order valence-corrected chi connectivity index (χ4v) is 2.16. The fourth-order valence-electron chi connectivity index (χ4n) is 1.94. The van der Waals surface area contributed by atoms with Gasteiger partial charge in [0.05, 0.1) is 5.84 Å². The van der Waals surface area contributed by atoms with Gasteiger partial charge in [-0.2, -0.15) is 0 Å². The van der Waals surface area contributed by atoms with Crippen molar-refractivity contribution in [2.24, 2.45) is 5.73 Å². The quantitative estimate of drug-likeness (QED) is 0.622. The van der Waals surface area contributed by atoms with Crippen LogP contribution in [-0.2, 0) is 6.54 Å². The molecule has 0 aromatic carbocycles. The predicted octanol–water partition coefficient (Wildman–Crippen LogP) is 2.88. The minimum absolute atomic E-state index is 0.181. The van der Waals surface area contributed by atoms with E-state index < -0.39 is 0 Å². The van der Waals surface area contributed by atoms with Gasteiger partial charge in [-0.05, 0) is 46.1 Å². The van der Waals surface area contributed by atoms with Gasteiger partial charge in [-0.1, -0.05) is 6.07 Å². The summed E-state index contributed by atoms with van der Waals surface area (Å²) in [7, 11) is 0. The topological polar surface area (TPSA) is 78.9 Å². The number of hydrogen-bond donors (Lipinski definition) is 2. The molecule has 0 aliphatic rings. The number of aryl methyl sites for hydroxylation is 1. The minimum atomic E-state index is 0.181. The lowest BCUT2D eigenvalue weighted by atomic mass is 10.2. The van der Waals surface area contributed by atoms with Gasteiger partial charge in [-0.15, -0.1) is 0 Å². The standard InChI is InChI=1S/C15H18BrN5/c1-11-7-15(20-9-13(11)16)21(6-4-14(17)18)10-12-3-2-5-19-8-12/h2-3,5,7-9H,4,6,10H2,1H3,(H3,17,18). The highest BCUT2D eigenvalue weighted by Gasteiger charge is 2.11. The number of rotatable bonds is 6. The molecule has 0 amide bonds. The van der Waals surface area contributed by atoms with Crippen LogP contribution in [0.5, 0.6) is 0 Å². The maximum Gasteiger partial charge on any atom is 0.129 e. The molecule has 0 unspecified atom stereocenters. The second-order valence-electron chi connectivity index (χ2n) is 4.85. The summed E-state index contributed by atoms with van der Waals surface area (Å²) in [4.78, 5) is 10.7. The monoisotopic (exact) mass is 347 g/mol. The molecule has 0 atom stereocenters. The van der Waals surface area contributed by atoms with Crippen molar-refractivity contribution in [2.45, 2.75) is 19.9 Å². The Morgan fingerprint density at radius 1 is 1.43 bits per heavy atom. The molecule has 0 aliphatic heterocycles. The molecule has 2 rings (SSSR count). The Hall–Kier alpha value is -1.95. The molecule has 0 spiro atoms. The Morgan fingerprint density at radius 2 is 2.24 bits per heavy atom. The molecule has 6 heteroatoms. The van der Waals surface area contributed by atoms with Crippen molar-refractivity contribution in [2.75, 3.05) is 11.4 Å². The van der Waals surface area contributed by atoms with Gasteiger partial charge >= 0.3 is 0 Å². The largest absolute Gasteiger partial charge is 0.388 e. The number of hydrogen-bond acceptors (Lipinski definition) is 4. The smallest absolute Gasteiger partial charge is 0.129 e. The van der Waals surface area contributed by atoms with E-state index in [2.05, 4.69) is 30.8 Å². The second-order valence-corrected chi connectivity index (χ2v) is 5.70. The summed E-state index contributed by atoms with van der Waals surface area (Å²) < 4.78 is 0.985. The zero-order chi connectivity index (χ0) is 15.2. The SMILES string of the molecule is Cc1cc(N(CCC(=N)N)Cc2cccnc2)ncc1Br. The number of nitrogens with two attached hydrogens (primary N) is 1. The lowest BCUT2D eigenvalue weighted by Crippen LogP contribution is -2.28. The Kier molecular flexibility index (Phi) is 5.27. The van der Waals surface area contributed by atoms with E-state index in [1.807, 2.05) is 31.3 Å². The van der Waals surface area contributed by atoms with Gasteiger partial charge in [-0.25, -0.2) is 4.98 Å². The van der Waals surface area contributed by atoms with Crippen LogP contribution in [-0.4, -0.2) is 22.3 Å². The molecule has 2 aromatic heterocycles. The maximum absolute atomic E-state index is 7.42. The van der Waals surface area contributed by atoms with Gasteiger partial charge in [0.1, 0.15) is 5.82 Å². The van der Waals surface area contributed by atoms with Crippen LogP contribution in [0.1, 0.15) is 17.5 Å². The molecule has 21 heavy (non-hydrogen) atoms. The van der Waals surface area contributed by atoms with Gasteiger partial charge in [0.2, 0.25) is 0 Å². The number of anilines is 1. The number of pyridine rings is 2. The summed E-state index contributed by atoms with van der Waals surface area (Å²) in [5, 5.41) is 7.42. The van der Waals surface area contributed by atoms with E-state index in [0.717, 1.165) is 21.4 Å². The number of amidine groups is 1. The lowest BCUT2D eigenvalue weighted by molar-refractivity contribution is 0.783. The van der Waals surface area contributed by atoms with E-state index in [-0.39, 0.29) is 5.84 Å². The third-order valence-corrected chi connectivity index (χ3v) is 3.93. The zero-order valence-corrected chi connectivity index (χ0v) is 13.5. The number of aromatic nitrogens is 2. The van der Waals surface area contributed by atoms with Crippen LogP contribution in [0.25, 0.3) is 0 Å². The van der Waals surface area contributed by atoms with Crippen molar-refractivity contribution < 1.29 is 0 Å². The molecule has 0 aliphatic carbocycles. The van der Waals surface area contributed by atoms with E-state index in [4.69, 9.17) is 11.1 Å². The summed E-state index contributed by atoms with van der Waals surface area (Å²) in [6.45, 7) is 3.37. The molecular formula is C15H18BrN5. The third kappa shape index (κ3) is 4.53. The molecule has 0 radical (unpaired) electrons. The summed E-state index contributed by atoms with van der Waals surface area (Å²) in [6, 6.07) is 5.97. The first-order valence-corrected chi connectivity index (χ1v) is 7.44. The van der Waals surface area contributed by atoms with Crippen molar-refractivity contribution >= 4 is 27.6 Å². The Balaban J connectivity index is 2.22. The first kappa shape index (κ1) is 15.4. The Labute approximate surface area is 132 Å². The molecule has 0 saturated heterocycles. The number of nitrogens with one attached hydrogen (secondary N) is 1. The lowest BCUT2D eigenvalue weighted by Gasteiger charge is -2.24. The number of halogens is 1. The normalized spacial score (nSPS) is 10.4. The van der Waals surface area contributed by atoms with Gasteiger partial charge in [-0.3, -0.25) is 10.4 Å². The first-order valence-electron chi connectivity index (χ1n) is 6.65. The molecule has 110 valence electrons. The minimum Gasteiger partial charge on any atom is -0.388 e. The number of nitrogens with zero attached hydrogens (tertiary/aromatic N) is 3. The molecule has 2 heterocycles. The molecule has 0 fully saturated rings.